The van der Waals surface area contributed by atoms with Crippen molar-refractivity contribution in [2.45, 2.75) is 44.7 Å². The van der Waals surface area contributed by atoms with Crippen molar-refractivity contribution in [1.29, 1.82) is 0 Å². The largest absolute Gasteiger partial charge is 0.468 e. The van der Waals surface area contributed by atoms with Gasteiger partial charge in [-0.25, -0.2) is 0 Å². The number of rotatable bonds is 6. The maximum absolute atomic E-state index is 12.1. The number of likely N-dealkylation sites (tertiary alicyclic amines) is 1. The molecule has 1 saturated heterocycles. The summed E-state index contributed by atoms with van der Waals surface area (Å²) in [5.41, 5.74) is 5.63. The number of hydrogen-bond donors (Lipinski definition) is 1. The highest BCUT2D eigenvalue weighted by atomic mass is 32.2. The molecule has 0 bridgehead atoms. The van der Waals surface area contributed by atoms with E-state index in [4.69, 9.17) is 5.73 Å². The summed E-state index contributed by atoms with van der Waals surface area (Å²) in [6, 6.07) is -0.262. The van der Waals surface area contributed by atoms with Gasteiger partial charge in [-0.2, -0.15) is 0 Å². The van der Waals surface area contributed by atoms with E-state index in [0.29, 0.717) is 17.5 Å². The minimum Gasteiger partial charge on any atom is -0.468 e. The summed E-state index contributed by atoms with van der Waals surface area (Å²) in [5.74, 6) is 0.544. The predicted molar refractivity (Wildman–Crippen MR) is 77.0 cm³/mol. The van der Waals surface area contributed by atoms with Crippen LogP contribution in [0.25, 0.3) is 0 Å². The van der Waals surface area contributed by atoms with E-state index in [-0.39, 0.29) is 5.91 Å². The number of piperidine rings is 1. The number of carbonyl (C=O) groups excluding carboxylic acids is 2. The Morgan fingerprint density at radius 3 is 2.84 bits per heavy atom. The first-order chi connectivity index (χ1) is 9.10. The molecule has 2 N–H and O–H groups in total. The average Bonchev–Trinajstić information content (AvgIpc) is 2.45. The molecule has 1 amide bonds. The van der Waals surface area contributed by atoms with Gasteiger partial charge >= 0.3 is 5.97 Å². The van der Waals surface area contributed by atoms with Crippen LogP contribution in [0.15, 0.2) is 0 Å². The van der Waals surface area contributed by atoms with E-state index in [2.05, 4.69) is 11.7 Å². The van der Waals surface area contributed by atoms with Crippen LogP contribution in [0.5, 0.6) is 0 Å². The lowest BCUT2D eigenvalue weighted by Crippen LogP contribution is -2.44. The first-order valence-corrected chi connectivity index (χ1v) is 7.96. The van der Waals surface area contributed by atoms with Crippen LogP contribution in [0.4, 0.5) is 0 Å². The van der Waals surface area contributed by atoms with Crippen molar-refractivity contribution < 1.29 is 14.3 Å². The van der Waals surface area contributed by atoms with Gasteiger partial charge in [0.1, 0.15) is 6.04 Å². The molecule has 110 valence electrons. The summed E-state index contributed by atoms with van der Waals surface area (Å²) in [5, 5.41) is 0. The quantitative estimate of drug-likeness (QED) is 0.739. The smallest absolute Gasteiger partial charge is 0.323 e. The molecule has 2 unspecified atom stereocenters. The molecular formula is C13H24N2O3S. The molecule has 0 aromatic heterocycles. The number of hydrogen-bond acceptors (Lipinski definition) is 5. The van der Waals surface area contributed by atoms with Crippen molar-refractivity contribution >= 4 is 23.6 Å². The van der Waals surface area contributed by atoms with E-state index >= 15 is 0 Å². The minimum atomic E-state index is -0.647. The van der Waals surface area contributed by atoms with Crippen molar-refractivity contribution in [2.75, 3.05) is 25.2 Å². The Labute approximate surface area is 119 Å². The molecular weight excluding hydrogens is 264 g/mol. The second kappa shape index (κ2) is 8.43. The van der Waals surface area contributed by atoms with E-state index in [9.17, 15) is 9.59 Å². The number of methoxy groups -OCH3 is 1. The third-order valence-corrected chi connectivity index (χ3v) is 4.49. The van der Waals surface area contributed by atoms with Gasteiger partial charge in [0, 0.05) is 18.3 Å². The maximum atomic E-state index is 12.1. The van der Waals surface area contributed by atoms with Crippen molar-refractivity contribution in [3.63, 3.8) is 0 Å². The molecule has 0 aromatic carbocycles. The Bertz CT molecular complexity index is 312. The molecule has 1 aliphatic heterocycles. The second-order valence-corrected chi connectivity index (χ2v) is 5.82. The molecule has 0 aliphatic carbocycles. The monoisotopic (exact) mass is 288 g/mol. The predicted octanol–water partition coefficient (Wildman–Crippen LogP) is 1.01. The van der Waals surface area contributed by atoms with Crippen LogP contribution in [0.2, 0.25) is 0 Å². The number of amides is 1. The van der Waals surface area contributed by atoms with Crippen LogP contribution in [-0.4, -0.2) is 54.0 Å². The topological polar surface area (TPSA) is 72.6 Å². The summed E-state index contributed by atoms with van der Waals surface area (Å²) in [4.78, 5) is 25.3. The van der Waals surface area contributed by atoms with Crippen molar-refractivity contribution in [2.24, 2.45) is 5.73 Å². The number of ether oxygens (including phenoxy) is 1. The lowest BCUT2D eigenvalue weighted by Gasteiger charge is -2.35. The molecule has 0 spiro atoms. The minimum absolute atomic E-state index is 0.161. The van der Waals surface area contributed by atoms with Gasteiger partial charge in [0.2, 0.25) is 5.91 Å². The fourth-order valence-electron chi connectivity index (χ4n) is 2.33. The van der Waals surface area contributed by atoms with E-state index < -0.39 is 12.0 Å². The van der Waals surface area contributed by atoms with Gasteiger partial charge in [-0.3, -0.25) is 9.59 Å². The zero-order chi connectivity index (χ0) is 14.3. The summed E-state index contributed by atoms with van der Waals surface area (Å²) in [6.45, 7) is 2.98. The number of nitrogens with zero attached hydrogens (tertiary/aromatic N) is 1. The Morgan fingerprint density at radius 1 is 1.47 bits per heavy atom. The van der Waals surface area contributed by atoms with Crippen molar-refractivity contribution in [3.05, 3.63) is 0 Å². The average molecular weight is 288 g/mol. The van der Waals surface area contributed by atoms with Crippen LogP contribution in [0.1, 0.15) is 32.6 Å². The Balaban J connectivity index is 2.32. The molecule has 1 rings (SSSR count). The standard InChI is InChI=1S/C13H24N2O3S/c1-3-10-6-4-5-7-15(10)12(16)9-19-8-11(14)13(17)18-2/h10-11H,3-9,14H2,1-2H3. The molecule has 0 saturated carbocycles. The first kappa shape index (κ1) is 16.3. The van der Waals surface area contributed by atoms with E-state index in [1.165, 1.54) is 25.3 Å². The molecule has 1 aliphatic rings. The van der Waals surface area contributed by atoms with Gasteiger partial charge in [0.15, 0.2) is 0 Å². The normalized spacial score (nSPS) is 21.0. The van der Waals surface area contributed by atoms with Crippen LogP contribution in [0.3, 0.4) is 0 Å². The third-order valence-electron chi connectivity index (χ3n) is 3.45. The van der Waals surface area contributed by atoms with E-state index in [1.54, 1.807) is 0 Å². The fourth-order valence-corrected chi connectivity index (χ4v) is 3.18. The van der Waals surface area contributed by atoms with Gasteiger partial charge < -0.3 is 15.4 Å². The van der Waals surface area contributed by atoms with Crippen LogP contribution >= 0.6 is 11.8 Å². The molecule has 19 heavy (non-hydrogen) atoms. The Kier molecular flexibility index (Phi) is 7.23. The number of esters is 1. The number of carbonyl (C=O) groups is 2. The summed E-state index contributed by atoms with van der Waals surface area (Å²) < 4.78 is 4.55. The van der Waals surface area contributed by atoms with E-state index in [1.807, 2.05) is 4.90 Å². The van der Waals surface area contributed by atoms with E-state index in [0.717, 1.165) is 25.8 Å². The van der Waals surface area contributed by atoms with Gasteiger partial charge in [-0.1, -0.05) is 6.92 Å². The summed E-state index contributed by atoms with van der Waals surface area (Å²) in [6.07, 6.45) is 4.42. The SMILES string of the molecule is CCC1CCCCN1C(=O)CSCC(N)C(=O)OC. The van der Waals surface area contributed by atoms with Gasteiger partial charge in [-0.05, 0) is 25.7 Å². The second-order valence-electron chi connectivity index (χ2n) is 4.79. The fraction of sp³-hybridized carbons (Fsp3) is 0.846. The molecule has 1 heterocycles. The molecule has 1 fully saturated rings. The molecule has 2 atom stereocenters. The first-order valence-electron chi connectivity index (χ1n) is 6.80. The van der Waals surface area contributed by atoms with Crippen LogP contribution < -0.4 is 5.73 Å². The Morgan fingerprint density at radius 2 is 2.21 bits per heavy atom. The van der Waals surface area contributed by atoms with Gasteiger partial charge in [0.05, 0.1) is 12.9 Å². The zero-order valence-electron chi connectivity index (χ0n) is 11.8. The van der Waals surface area contributed by atoms with Crippen LogP contribution in [-0.2, 0) is 14.3 Å². The molecule has 6 heteroatoms. The van der Waals surface area contributed by atoms with Crippen molar-refractivity contribution in [1.82, 2.24) is 4.90 Å². The third kappa shape index (κ3) is 5.03. The highest BCUT2D eigenvalue weighted by Crippen LogP contribution is 2.20. The number of thioether (sulfide) groups is 1. The van der Waals surface area contributed by atoms with Crippen molar-refractivity contribution in [3.8, 4) is 0 Å². The highest BCUT2D eigenvalue weighted by Gasteiger charge is 2.25. The summed E-state index contributed by atoms with van der Waals surface area (Å²) in [7, 11) is 1.32. The summed E-state index contributed by atoms with van der Waals surface area (Å²) >= 11 is 1.40. The van der Waals surface area contributed by atoms with Crippen LogP contribution in [0, 0.1) is 0 Å². The lowest BCUT2D eigenvalue weighted by atomic mass is 10.0. The maximum Gasteiger partial charge on any atom is 0.323 e. The number of nitrogens with two attached hydrogens (primary N) is 1. The Hall–Kier alpha value is -0.750. The zero-order valence-corrected chi connectivity index (χ0v) is 12.6. The molecule has 5 nitrogen and oxygen atoms in total. The van der Waals surface area contributed by atoms with Gasteiger partial charge in [-0.15, -0.1) is 11.8 Å². The lowest BCUT2D eigenvalue weighted by molar-refractivity contribution is -0.141. The highest BCUT2D eigenvalue weighted by molar-refractivity contribution is 8.00. The van der Waals surface area contributed by atoms with Gasteiger partial charge in [0.25, 0.3) is 0 Å². The molecule has 0 aromatic rings. The molecule has 0 radical (unpaired) electrons.